The van der Waals surface area contributed by atoms with Gasteiger partial charge in [-0.1, -0.05) is 24.3 Å². The molecule has 0 amide bonds. The van der Waals surface area contributed by atoms with Crippen LogP contribution in [0.5, 0.6) is 0 Å². The Labute approximate surface area is 177 Å². The fourth-order valence-electron chi connectivity index (χ4n) is 2.32. The molecule has 5 nitrogen and oxygen atoms in total. The zero-order chi connectivity index (χ0) is 18.0. The summed E-state index contributed by atoms with van der Waals surface area (Å²) in [6, 6.07) is 14.1. The first-order chi connectivity index (χ1) is 12.1. The molecule has 144 valence electrons. The summed E-state index contributed by atoms with van der Waals surface area (Å²) in [6.45, 7) is 6.65. The lowest BCUT2D eigenvalue weighted by atomic mass is 10.1. The molecule has 0 aliphatic rings. The number of guanidine groups is 1. The van der Waals surface area contributed by atoms with E-state index in [0.717, 1.165) is 42.6 Å². The van der Waals surface area contributed by atoms with Gasteiger partial charge in [-0.3, -0.25) is 0 Å². The number of rotatable bonds is 9. The van der Waals surface area contributed by atoms with Crippen LogP contribution < -0.4 is 16.0 Å². The van der Waals surface area contributed by atoms with Crippen molar-refractivity contribution in [3.05, 3.63) is 52.7 Å². The predicted molar refractivity (Wildman–Crippen MR) is 123 cm³/mol. The van der Waals surface area contributed by atoms with Crippen LogP contribution in [0.2, 0.25) is 0 Å². The number of nitrogens with zero attached hydrogens (tertiary/aromatic N) is 1. The molecular formula is C19H29IN4OS. The van der Waals surface area contributed by atoms with Gasteiger partial charge in [0.2, 0.25) is 0 Å². The molecule has 0 spiro atoms. The Morgan fingerprint density at radius 1 is 1.12 bits per heavy atom. The third kappa shape index (κ3) is 7.92. The highest BCUT2D eigenvalue weighted by molar-refractivity contribution is 14.0. The zero-order valence-corrected chi connectivity index (χ0v) is 18.5. The topological polar surface area (TPSA) is 68.7 Å². The van der Waals surface area contributed by atoms with Gasteiger partial charge in [-0.15, -0.1) is 35.3 Å². The largest absolute Gasteiger partial charge is 0.385 e. The lowest BCUT2D eigenvalue weighted by Gasteiger charge is -2.20. The van der Waals surface area contributed by atoms with Gasteiger partial charge in [0.05, 0.1) is 6.54 Å². The highest BCUT2D eigenvalue weighted by Gasteiger charge is 2.23. The van der Waals surface area contributed by atoms with E-state index >= 15 is 0 Å². The van der Waals surface area contributed by atoms with E-state index in [-0.39, 0.29) is 24.0 Å². The molecule has 0 saturated heterocycles. The van der Waals surface area contributed by atoms with Gasteiger partial charge in [-0.25, -0.2) is 4.99 Å². The number of anilines is 1. The van der Waals surface area contributed by atoms with Crippen molar-refractivity contribution >= 4 is 47.0 Å². The number of aliphatic imine (C=N–C) groups is 1. The average molecular weight is 488 g/mol. The number of halogens is 1. The van der Waals surface area contributed by atoms with Crippen molar-refractivity contribution in [2.24, 2.45) is 4.99 Å². The molecule has 0 aliphatic heterocycles. The number of thiophene rings is 1. The molecule has 0 fully saturated rings. The second-order valence-corrected chi connectivity index (χ2v) is 6.97. The molecule has 0 radical (unpaired) electrons. The van der Waals surface area contributed by atoms with E-state index in [2.05, 4.69) is 33.1 Å². The van der Waals surface area contributed by atoms with Crippen molar-refractivity contribution in [2.45, 2.75) is 25.9 Å². The molecule has 0 aliphatic carbocycles. The van der Waals surface area contributed by atoms with Gasteiger partial charge in [-0.05, 0) is 43.8 Å². The SMILES string of the molecule is CCNC(=NCC(C)(O)c1cccs1)NCCCNc1ccccc1.I. The lowest BCUT2D eigenvalue weighted by molar-refractivity contribution is 0.0711. The molecule has 26 heavy (non-hydrogen) atoms. The third-order valence-electron chi connectivity index (χ3n) is 3.69. The van der Waals surface area contributed by atoms with Crippen LogP contribution in [-0.2, 0) is 5.60 Å². The summed E-state index contributed by atoms with van der Waals surface area (Å²) in [5.74, 6) is 0.735. The van der Waals surface area contributed by atoms with E-state index in [4.69, 9.17) is 0 Å². The van der Waals surface area contributed by atoms with Crippen molar-refractivity contribution in [3.63, 3.8) is 0 Å². The van der Waals surface area contributed by atoms with E-state index in [1.807, 2.05) is 42.6 Å². The number of benzene rings is 1. The van der Waals surface area contributed by atoms with Crippen LogP contribution in [0.15, 0.2) is 52.8 Å². The van der Waals surface area contributed by atoms with Crippen LogP contribution in [-0.4, -0.2) is 37.2 Å². The summed E-state index contributed by atoms with van der Waals surface area (Å²) >= 11 is 1.55. The zero-order valence-electron chi connectivity index (χ0n) is 15.4. The lowest BCUT2D eigenvalue weighted by Crippen LogP contribution is -2.39. The molecule has 1 unspecified atom stereocenters. The summed E-state index contributed by atoms with van der Waals surface area (Å²) in [7, 11) is 0. The maximum Gasteiger partial charge on any atom is 0.191 e. The first-order valence-corrected chi connectivity index (χ1v) is 9.57. The van der Waals surface area contributed by atoms with E-state index in [1.165, 1.54) is 0 Å². The number of hydrogen-bond donors (Lipinski definition) is 4. The maximum absolute atomic E-state index is 10.6. The second-order valence-electron chi connectivity index (χ2n) is 6.02. The fraction of sp³-hybridized carbons (Fsp3) is 0.421. The predicted octanol–water partition coefficient (Wildman–Crippen LogP) is 3.63. The van der Waals surface area contributed by atoms with Crippen molar-refractivity contribution in [1.29, 1.82) is 0 Å². The van der Waals surface area contributed by atoms with Crippen molar-refractivity contribution in [2.75, 3.05) is 31.5 Å². The van der Waals surface area contributed by atoms with Gasteiger partial charge in [0.15, 0.2) is 5.96 Å². The summed E-state index contributed by atoms with van der Waals surface area (Å²) in [6.07, 6.45) is 0.973. The first-order valence-electron chi connectivity index (χ1n) is 8.69. The molecule has 0 saturated carbocycles. The molecule has 1 atom stereocenters. The minimum Gasteiger partial charge on any atom is -0.385 e. The van der Waals surface area contributed by atoms with Crippen LogP contribution in [0.1, 0.15) is 25.1 Å². The minimum absolute atomic E-state index is 0. The number of para-hydroxylation sites is 1. The Balaban J connectivity index is 0.00000338. The van der Waals surface area contributed by atoms with Crippen LogP contribution in [0.4, 0.5) is 5.69 Å². The van der Waals surface area contributed by atoms with E-state index in [0.29, 0.717) is 6.54 Å². The van der Waals surface area contributed by atoms with Crippen molar-refractivity contribution in [1.82, 2.24) is 10.6 Å². The fourth-order valence-corrected chi connectivity index (χ4v) is 3.10. The van der Waals surface area contributed by atoms with E-state index in [9.17, 15) is 5.11 Å². The van der Waals surface area contributed by atoms with Crippen molar-refractivity contribution < 1.29 is 5.11 Å². The molecule has 4 N–H and O–H groups in total. The molecule has 1 aromatic carbocycles. The highest BCUT2D eigenvalue weighted by atomic mass is 127. The second kappa shape index (κ2) is 12.1. The summed E-state index contributed by atoms with van der Waals surface area (Å²) in [5.41, 5.74) is 0.195. The number of nitrogens with one attached hydrogen (secondary N) is 3. The van der Waals surface area contributed by atoms with Gasteiger partial charge in [0, 0.05) is 30.2 Å². The third-order valence-corrected chi connectivity index (χ3v) is 4.81. The van der Waals surface area contributed by atoms with Gasteiger partial charge in [0.25, 0.3) is 0 Å². The maximum atomic E-state index is 10.6. The minimum atomic E-state index is -0.939. The standard InChI is InChI=1S/C19H28N4OS.HI/c1-3-20-18(23-15-19(2,24)17-11-7-14-25-17)22-13-8-12-21-16-9-5-4-6-10-16;/h4-7,9-11,14,21,24H,3,8,12-13,15H2,1-2H3,(H2,20,22,23);1H. The Kier molecular flexibility index (Phi) is 10.6. The number of hydrogen-bond acceptors (Lipinski definition) is 4. The molecule has 1 aromatic heterocycles. The Morgan fingerprint density at radius 3 is 2.54 bits per heavy atom. The first kappa shape index (κ1) is 22.7. The summed E-state index contributed by atoms with van der Waals surface area (Å²) in [4.78, 5) is 5.46. The number of aliphatic hydroxyl groups is 1. The Morgan fingerprint density at radius 2 is 1.88 bits per heavy atom. The van der Waals surface area contributed by atoms with Gasteiger partial charge in [0.1, 0.15) is 5.60 Å². The normalized spacial score (nSPS) is 13.4. The summed E-state index contributed by atoms with van der Waals surface area (Å²) in [5, 5.41) is 22.5. The van der Waals surface area contributed by atoms with Gasteiger partial charge >= 0.3 is 0 Å². The van der Waals surface area contributed by atoms with Crippen LogP contribution in [0.25, 0.3) is 0 Å². The molecule has 1 heterocycles. The van der Waals surface area contributed by atoms with Crippen LogP contribution in [0, 0.1) is 0 Å². The molecule has 7 heteroatoms. The average Bonchev–Trinajstić information content (AvgIpc) is 3.16. The molecule has 2 aromatic rings. The monoisotopic (exact) mass is 488 g/mol. The highest BCUT2D eigenvalue weighted by Crippen LogP contribution is 2.25. The van der Waals surface area contributed by atoms with Crippen molar-refractivity contribution in [3.8, 4) is 0 Å². The molecule has 2 rings (SSSR count). The van der Waals surface area contributed by atoms with E-state index in [1.54, 1.807) is 18.3 Å². The van der Waals surface area contributed by atoms with Gasteiger partial charge < -0.3 is 21.1 Å². The Bertz CT molecular complexity index is 632. The quantitative estimate of drug-likeness (QED) is 0.188. The Hall–Kier alpha value is -1.32. The van der Waals surface area contributed by atoms with Crippen LogP contribution >= 0.6 is 35.3 Å². The van der Waals surface area contributed by atoms with Crippen LogP contribution in [0.3, 0.4) is 0 Å². The van der Waals surface area contributed by atoms with E-state index < -0.39 is 5.60 Å². The molecular weight excluding hydrogens is 459 g/mol. The molecule has 0 bridgehead atoms. The summed E-state index contributed by atoms with van der Waals surface area (Å²) < 4.78 is 0. The smallest absolute Gasteiger partial charge is 0.191 e. The van der Waals surface area contributed by atoms with Gasteiger partial charge in [-0.2, -0.15) is 0 Å².